The average molecular weight is 766 g/mol. The molecule has 0 radical (unpaired) electrons. The van der Waals surface area contributed by atoms with E-state index in [2.05, 4.69) is 62.1 Å². The number of aliphatic hydroxyl groups is 1. The van der Waals surface area contributed by atoms with Gasteiger partial charge in [0.05, 0.1) is 25.1 Å². The van der Waals surface area contributed by atoms with E-state index in [0.717, 1.165) is 11.4 Å². The number of rotatable bonds is 2. The number of fused-ring (bicyclic) bond motifs is 2. The van der Waals surface area contributed by atoms with E-state index in [1.54, 1.807) is 12.3 Å². The van der Waals surface area contributed by atoms with Crippen molar-refractivity contribution in [3.05, 3.63) is 47.0 Å². The highest BCUT2D eigenvalue weighted by Gasteiger charge is 2.14. The van der Waals surface area contributed by atoms with Crippen LogP contribution in [0.1, 0.15) is 27.3 Å². The predicted octanol–water partition coefficient (Wildman–Crippen LogP) is 2.91. The summed E-state index contributed by atoms with van der Waals surface area (Å²) in [5, 5.41) is 17.2. The van der Waals surface area contributed by atoms with Crippen molar-refractivity contribution in [3.63, 3.8) is 0 Å². The Morgan fingerprint density at radius 1 is 1.03 bits per heavy atom. The molecule has 0 spiro atoms. The van der Waals surface area contributed by atoms with Crippen LogP contribution in [0.4, 0.5) is 11.6 Å². The summed E-state index contributed by atoms with van der Waals surface area (Å²) in [7, 11) is 1.29. The van der Waals surface area contributed by atoms with Crippen LogP contribution in [-0.4, -0.2) is 47.4 Å². The largest absolute Gasteiger partial charge is 0.465 e. The van der Waals surface area contributed by atoms with Crippen molar-refractivity contribution >= 4 is 90.1 Å². The zero-order valence-electron chi connectivity index (χ0n) is 16.8. The topological polar surface area (TPSA) is 159 Å². The van der Waals surface area contributed by atoms with Gasteiger partial charge in [0.15, 0.2) is 11.3 Å². The van der Waals surface area contributed by atoms with Crippen LogP contribution in [0.3, 0.4) is 0 Å². The molecule has 168 valence electrons. The number of nitrogen functional groups attached to an aromatic ring is 2. The quantitative estimate of drug-likeness (QED) is 0.206. The molecule has 14 heteroatoms. The molecular formula is C17H21I3N8O3. The fraction of sp³-hybridized carbons (Fsp3) is 0.235. The molecule has 0 aliphatic heterocycles. The summed E-state index contributed by atoms with van der Waals surface area (Å²) < 4.78 is 7.52. The zero-order chi connectivity index (χ0) is 22.4. The zero-order valence-corrected chi connectivity index (χ0v) is 23.4. The third kappa shape index (κ3) is 6.25. The molecule has 0 aromatic carbocycles. The monoisotopic (exact) mass is 766 g/mol. The summed E-state index contributed by atoms with van der Waals surface area (Å²) >= 11 is 4.24. The van der Waals surface area contributed by atoms with Gasteiger partial charge in [-0.15, -0.1) is 24.0 Å². The Balaban J connectivity index is 0.000000281. The number of methoxy groups -OCH3 is 1. The van der Waals surface area contributed by atoms with Gasteiger partial charge in [0.2, 0.25) is 0 Å². The number of aromatic nitrogens is 6. The second-order valence-corrected chi connectivity index (χ2v) is 5.99. The molecule has 4 aromatic heterocycles. The third-order valence-corrected chi connectivity index (χ3v) is 3.94. The van der Waals surface area contributed by atoms with Gasteiger partial charge in [-0.1, -0.05) is 0 Å². The Kier molecular flexibility index (Phi) is 11.1. The van der Waals surface area contributed by atoms with Crippen molar-refractivity contribution in [3.8, 4) is 0 Å². The fourth-order valence-corrected chi connectivity index (χ4v) is 2.56. The number of hydrogen-bond acceptors (Lipinski definition) is 9. The summed E-state index contributed by atoms with van der Waals surface area (Å²) in [6, 6.07) is 3.61. The van der Waals surface area contributed by atoms with Crippen LogP contribution in [0, 0.1) is 13.8 Å². The van der Waals surface area contributed by atoms with E-state index in [4.69, 9.17) is 16.6 Å². The number of carbonyl (C=O) groups is 1. The number of halogens is 3. The van der Waals surface area contributed by atoms with Crippen molar-refractivity contribution in [2.24, 2.45) is 0 Å². The van der Waals surface area contributed by atoms with Gasteiger partial charge >= 0.3 is 5.97 Å². The number of aryl methyl sites for hydroxylation is 2. The minimum absolute atomic E-state index is 0. The second kappa shape index (κ2) is 12.5. The minimum atomic E-state index is -0.518. The van der Waals surface area contributed by atoms with E-state index in [-0.39, 0.29) is 42.0 Å². The highest BCUT2D eigenvalue weighted by atomic mass is 128. The normalized spacial score (nSPS) is 9.87. The van der Waals surface area contributed by atoms with Crippen molar-refractivity contribution in [2.45, 2.75) is 20.5 Å². The van der Waals surface area contributed by atoms with E-state index >= 15 is 0 Å². The van der Waals surface area contributed by atoms with Gasteiger partial charge < -0.3 is 21.3 Å². The average Bonchev–Trinajstić information content (AvgIpc) is 3.32. The molecular weight excluding hydrogens is 745 g/mol. The van der Waals surface area contributed by atoms with Gasteiger partial charge in [-0.3, -0.25) is 0 Å². The number of hydrogen-bond donors (Lipinski definition) is 3. The first-order valence-electron chi connectivity index (χ1n) is 8.39. The van der Waals surface area contributed by atoms with E-state index < -0.39 is 5.97 Å². The molecule has 0 bridgehead atoms. The molecule has 4 aromatic rings. The summed E-state index contributed by atoms with van der Waals surface area (Å²) in [6.07, 6.45) is 2.95. The lowest BCUT2D eigenvalue weighted by Crippen LogP contribution is -2.11. The molecule has 0 saturated carbocycles. The summed E-state index contributed by atoms with van der Waals surface area (Å²) in [5.41, 5.74) is 15.3. The van der Waals surface area contributed by atoms with Crippen molar-refractivity contribution in [1.82, 2.24) is 29.2 Å². The summed E-state index contributed by atoms with van der Waals surface area (Å²) in [5.74, 6) is 0.163. The number of ether oxygens (including phenoxy) is 1. The molecule has 0 aliphatic rings. The molecule has 0 saturated heterocycles. The molecule has 31 heavy (non-hydrogen) atoms. The molecule has 0 atom stereocenters. The Hall–Kier alpha value is -1.54. The maximum absolute atomic E-state index is 11.3. The smallest absolute Gasteiger partial charge is 0.343 e. The fourth-order valence-electron chi connectivity index (χ4n) is 2.56. The Labute approximate surface area is 218 Å². The molecule has 0 fully saturated rings. The summed E-state index contributed by atoms with van der Waals surface area (Å²) in [6.45, 7) is 3.58. The predicted molar refractivity (Wildman–Crippen MR) is 145 cm³/mol. The number of carbonyl (C=O) groups excluding carboxylic acids is 1. The number of anilines is 2. The highest BCUT2D eigenvalue weighted by Crippen LogP contribution is 2.14. The van der Waals surface area contributed by atoms with Gasteiger partial charge in [-0.05, 0) is 13.8 Å². The first-order valence-corrected chi connectivity index (χ1v) is 14.7. The van der Waals surface area contributed by atoms with E-state index in [1.807, 2.05) is 19.9 Å². The molecule has 0 aliphatic carbocycles. The van der Waals surface area contributed by atoms with Crippen LogP contribution < -0.4 is 11.5 Å². The first-order chi connectivity index (χ1) is 14.3. The van der Waals surface area contributed by atoms with Crippen LogP contribution in [0.15, 0.2) is 24.5 Å². The van der Waals surface area contributed by atoms with Crippen molar-refractivity contribution in [2.75, 3.05) is 18.6 Å². The van der Waals surface area contributed by atoms with Gasteiger partial charge in [-0.25, -0.2) is 14.8 Å². The second-order valence-electron chi connectivity index (χ2n) is 5.99. The number of aliphatic hydroxyl groups excluding tert-OH is 1. The van der Waals surface area contributed by atoms with Crippen LogP contribution >= 0.6 is 61.2 Å². The Morgan fingerprint density at radius 2 is 1.52 bits per heavy atom. The van der Waals surface area contributed by atoms with E-state index in [0.29, 0.717) is 22.7 Å². The van der Waals surface area contributed by atoms with Gasteiger partial charge in [0.1, 0.15) is 17.2 Å². The molecule has 0 amide bonds. The van der Waals surface area contributed by atoms with Crippen LogP contribution in [-0.2, 0) is 11.3 Å². The van der Waals surface area contributed by atoms with Gasteiger partial charge in [0.25, 0.3) is 0 Å². The standard InChI is InChI=1S/C9H10N4O2.C8H10N4O.I2.HI/c1-5-3-7-11-4-6(9(14)15-2)8(10)13(7)12-5;1-5-2-7-10-3-6(4-13)8(9)12(7)11-5;1-2;/h3-4H,10H2,1-2H3;2-3,13H,4,9H2,1H3;;1H. The van der Waals surface area contributed by atoms with Crippen LogP contribution in [0.2, 0.25) is 0 Å². The number of esters is 1. The van der Waals surface area contributed by atoms with Crippen LogP contribution in [0.5, 0.6) is 0 Å². The number of nitrogens with zero attached hydrogens (tertiary/aromatic N) is 6. The Bertz CT molecular complexity index is 1180. The molecule has 4 heterocycles. The minimum Gasteiger partial charge on any atom is -0.465 e. The molecule has 0 unspecified atom stereocenters. The lowest BCUT2D eigenvalue weighted by molar-refractivity contribution is 0.0601. The molecule has 4 rings (SSSR count). The van der Waals surface area contributed by atoms with E-state index in [9.17, 15) is 4.79 Å². The molecule has 11 nitrogen and oxygen atoms in total. The third-order valence-electron chi connectivity index (χ3n) is 3.94. The Morgan fingerprint density at radius 3 is 2.00 bits per heavy atom. The van der Waals surface area contributed by atoms with E-state index in [1.165, 1.54) is 22.3 Å². The van der Waals surface area contributed by atoms with Gasteiger partial charge in [-0.2, -0.15) is 19.2 Å². The maximum Gasteiger partial charge on any atom is 0.343 e. The lowest BCUT2D eigenvalue weighted by atomic mass is 10.3. The van der Waals surface area contributed by atoms with Crippen molar-refractivity contribution in [1.29, 1.82) is 0 Å². The van der Waals surface area contributed by atoms with Crippen molar-refractivity contribution < 1.29 is 14.6 Å². The highest BCUT2D eigenvalue weighted by molar-refractivity contribution is 15.0. The summed E-state index contributed by atoms with van der Waals surface area (Å²) in [4.78, 5) is 19.4. The van der Waals surface area contributed by atoms with Crippen LogP contribution in [0.25, 0.3) is 11.3 Å². The lowest BCUT2D eigenvalue weighted by Gasteiger charge is -2.04. The number of nitrogens with two attached hydrogens (primary N) is 2. The SMILES string of the molecule is COC(=O)c1cnc2cc(C)nn2c1N.Cc1cc2ncc(CO)c(N)n2n1.I.II. The maximum atomic E-state index is 11.3. The first kappa shape index (κ1) is 27.5. The molecule has 5 N–H and O–H groups in total. The van der Waals surface area contributed by atoms with Gasteiger partial charge in [0, 0.05) is 67.3 Å².